The van der Waals surface area contributed by atoms with Crippen molar-refractivity contribution in [1.82, 2.24) is 15.3 Å². The number of hydrogen-bond acceptors (Lipinski definition) is 4. The minimum Gasteiger partial charge on any atom is -0.368 e. The zero-order chi connectivity index (χ0) is 15.0. The van der Waals surface area contributed by atoms with E-state index in [1.807, 2.05) is 0 Å². The second kappa shape index (κ2) is 5.29. The van der Waals surface area contributed by atoms with Crippen LogP contribution in [0.15, 0.2) is 0 Å². The van der Waals surface area contributed by atoms with Crippen molar-refractivity contribution >= 4 is 0 Å². The number of fused-ring (bicyclic) bond motifs is 1. The molecule has 20 heavy (non-hydrogen) atoms. The fourth-order valence-corrected chi connectivity index (χ4v) is 2.29. The maximum absolute atomic E-state index is 13.2. The smallest absolute Gasteiger partial charge is 0.368 e. The van der Waals surface area contributed by atoms with Gasteiger partial charge in [-0.05, 0) is 33.7 Å². The summed E-state index contributed by atoms with van der Waals surface area (Å²) >= 11 is 0. The molecule has 2 heterocycles. The van der Waals surface area contributed by atoms with Crippen LogP contribution in [0, 0.1) is 0 Å². The molecule has 0 aliphatic carbocycles. The Labute approximate surface area is 115 Å². The molecule has 0 bridgehead atoms. The van der Waals surface area contributed by atoms with Crippen molar-refractivity contribution in [3.8, 4) is 0 Å². The third-order valence-electron chi connectivity index (χ3n) is 3.25. The van der Waals surface area contributed by atoms with E-state index in [0.717, 1.165) is 0 Å². The molecule has 0 spiro atoms. The maximum atomic E-state index is 13.2. The Bertz CT molecular complexity index is 500. The Kier molecular flexibility index (Phi) is 4.02. The summed E-state index contributed by atoms with van der Waals surface area (Å²) in [5, 5.41) is 3.03. The van der Waals surface area contributed by atoms with E-state index in [2.05, 4.69) is 15.3 Å². The normalized spacial score (nSPS) is 16.1. The SMILES string of the molecule is CCOC(C)(C)c1nc2c(c(C(F)(F)F)n1)CCNC2. The number of nitrogens with one attached hydrogen (secondary N) is 1. The summed E-state index contributed by atoms with van der Waals surface area (Å²) in [5.74, 6) is 0.0779. The molecule has 7 heteroatoms. The highest BCUT2D eigenvalue weighted by Gasteiger charge is 2.39. The molecule has 0 atom stereocenters. The lowest BCUT2D eigenvalue weighted by molar-refractivity contribution is -0.142. The second-order valence-electron chi connectivity index (χ2n) is 5.19. The van der Waals surface area contributed by atoms with E-state index in [1.165, 1.54) is 0 Å². The first-order chi connectivity index (χ1) is 9.25. The number of rotatable bonds is 3. The van der Waals surface area contributed by atoms with Crippen molar-refractivity contribution in [3.63, 3.8) is 0 Å². The molecule has 0 radical (unpaired) electrons. The van der Waals surface area contributed by atoms with Gasteiger partial charge in [0.1, 0.15) is 5.60 Å². The number of ether oxygens (including phenoxy) is 1. The van der Waals surface area contributed by atoms with Gasteiger partial charge in [0.25, 0.3) is 0 Å². The van der Waals surface area contributed by atoms with Gasteiger partial charge in [0.05, 0.1) is 5.69 Å². The van der Waals surface area contributed by atoms with Crippen molar-refractivity contribution in [1.29, 1.82) is 0 Å². The second-order valence-corrected chi connectivity index (χ2v) is 5.19. The van der Waals surface area contributed by atoms with E-state index in [9.17, 15) is 13.2 Å². The molecule has 4 nitrogen and oxygen atoms in total. The van der Waals surface area contributed by atoms with E-state index in [0.29, 0.717) is 31.8 Å². The van der Waals surface area contributed by atoms with Gasteiger partial charge in [0, 0.05) is 18.7 Å². The summed E-state index contributed by atoms with van der Waals surface area (Å²) in [7, 11) is 0. The molecule has 0 saturated heterocycles. The van der Waals surface area contributed by atoms with Crippen LogP contribution in [0.2, 0.25) is 0 Å². The van der Waals surface area contributed by atoms with Gasteiger partial charge in [-0.25, -0.2) is 9.97 Å². The molecule has 1 N–H and O–H groups in total. The number of nitrogens with zero attached hydrogens (tertiary/aromatic N) is 2. The minimum absolute atomic E-state index is 0.0779. The first-order valence-corrected chi connectivity index (χ1v) is 6.58. The average molecular weight is 289 g/mol. The van der Waals surface area contributed by atoms with Crippen molar-refractivity contribution in [2.75, 3.05) is 13.2 Å². The molecule has 1 aliphatic heterocycles. The molecule has 0 amide bonds. The third-order valence-corrected chi connectivity index (χ3v) is 3.25. The average Bonchev–Trinajstić information content (AvgIpc) is 2.36. The quantitative estimate of drug-likeness (QED) is 0.928. The Morgan fingerprint density at radius 2 is 1.95 bits per heavy atom. The molecular weight excluding hydrogens is 271 g/mol. The molecule has 0 fully saturated rings. The zero-order valence-electron chi connectivity index (χ0n) is 11.8. The highest BCUT2D eigenvalue weighted by Crippen LogP contribution is 2.34. The van der Waals surface area contributed by atoms with Gasteiger partial charge in [-0.1, -0.05) is 0 Å². The Morgan fingerprint density at radius 1 is 1.25 bits per heavy atom. The predicted octanol–water partition coefficient (Wildman–Crippen LogP) is 2.41. The first-order valence-electron chi connectivity index (χ1n) is 6.58. The highest BCUT2D eigenvalue weighted by molar-refractivity contribution is 5.31. The van der Waals surface area contributed by atoms with E-state index in [4.69, 9.17) is 4.74 Å². The number of hydrogen-bond donors (Lipinski definition) is 1. The molecule has 1 aliphatic rings. The van der Waals surface area contributed by atoms with E-state index < -0.39 is 17.5 Å². The fourth-order valence-electron chi connectivity index (χ4n) is 2.29. The van der Waals surface area contributed by atoms with Crippen LogP contribution in [-0.4, -0.2) is 23.1 Å². The van der Waals surface area contributed by atoms with Crippen LogP contribution in [0.4, 0.5) is 13.2 Å². The third kappa shape index (κ3) is 2.93. The van der Waals surface area contributed by atoms with Gasteiger partial charge in [-0.2, -0.15) is 13.2 Å². The molecular formula is C13H18F3N3O. The van der Waals surface area contributed by atoms with Crippen LogP contribution in [0.5, 0.6) is 0 Å². The van der Waals surface area contributed by atoms with Crippen LogP contribution < -0.4 is 5.32 Å². The van der Waals surface area contributed by atoms with Crippen molar-refractivity contribution < 1.29 is 17.9 Å². The van der Waals surface area contributed by atoms with Crippen LogP contribution in [-0.2, 0) is 29.5 Å². The van der Waals surface area contributed by atoms with Crippen molar-refractivity contribution in [3.05, 3.63) is 22.8 Å². The Balaban J connectivity index is 2.56. The van der Waals surface area contributed by atoms with Gasteiger partial charge >= 0.3 is 6.18 Å². The molecule has 0 saturated carbocycles. The summed E-state index contributed by atoms with van der Waals surface area (Å²) in [4.78, 5) is 8.04. The summed E-state index contributed by atoms with van der Waals surface area (Å²) in [6, 6.07) is 0. The number of aromatic nitrogens is 2. The lowest BCUT2D eigenvalue weighted by Crippen LogP contribution is -2.33. The predicted molar refractivity (Wildman–Crippen MR) is 67.1 cm³/mol. The van der Waals surface area contributed by atoms with Gasteiger partial charge in [0.15, 0.2) is 11.5 Å². The standard InChI is InChI=1S/C13H18F3N3O/c1-4-20-12(2,3)11-18-9-7-17-6-5-8(9)10(19-11)13(14,15)16/h17H,4-7H2,1-3H3. The highest BCUT2D eigenvalue weighted by atomic mass is 19.4. The van der Waals surface area contributed by atoms with Crippen molar-refractivity contribution in [2.45, 2.75) is 45.5 Å². The molecule has 1 aromatic rings. The van der Waals surface area contributed by atoms with Crippen molar-refractivity contribution in [2.24, 2.45) is 0 Å². The largest absolute Gasteiger partial charge is 0.433 e. The first kappa shape index (κ1) is 15.2. The van der Waals surface area contributed by atoms with Crippen LogP contribution >= 0.6 is 0 Å². The summed E-state index contributed by atoms with van der Waals surface area (Å²) < 4.78 is 45.0. The summed E-state index contributed by atoms with van der Waals surface area (Å²) in [5.41, 5.74) is -1.15. The molecule has 0 aromatic carbocycles. The van der Waals surface area contributed by atoms with Gasteiger partial charge in [0.2, 0.25) is 0 Å². The minimum atomic E-state index is -4.47. The van der Waals surface area contributed by atoms with Crippen LogP contribution in [0.25, 0.3) is 0 Å². The summed E-state index contributed by atoms with van der Waals surface area (Å²) in [6.07, 6.45) is -4.18. The monoisotopic (exact) mass is 289 g/mol. The summed E-state index contributed by atoms with van der Waals surface area (Å²) in [6.45, 7) is 6.35. The number of halogens is 3. The van der Waals surface area contributed by atoms with E-state index in [1.54, 1.807) is 20.8 Å². The Morgan fingerprint density at radius 3 is 2.55 bits per heavy atom. The fraction of sp³-hybridized carbons (Fsp3) is 0.692. The zero-order valence-corrected chi connectivity index (χ0v) is 11.8. The van der Waals surface area contributed by atoms with Gasteiger partial charge in [-0.3, -0.25) is 0 Å². The Hall–Kier alpha value is -1.21. The van der Waals surface area contributed by atoms with Gasteiger partial charge in [-0.15, -0.1) is 0 Å². The maximum Gasteiger partial charge on any atom is 0.433 e. The van der Waals surface area contributed by atoms with Crippen LogP contribution in [0.3, 0.4) is 0 Å². The molecule has 0 unspecified atom stereocenters. The number of alkyl halides is 3. The van der Waals surface area contributed by atoms with Gasteiger partial charge < -0.3 is 10.1 Å². The van der Waals surface area contributed by atoms with E-state index in [-0.39, 0.29) is 11.4 Å². The lowest BCUT2D eigenvalue weighted by Gasteiger charge is -2.27. The van der Waals surface area contributed by atoms with E-state index >= 15 is 0 Å². The molecule has 1 aromatic heterocycles. The molecule has 2 rings (SSSR count). The topological polar surface area (TPSA) is 47.0 Å². The lowest BCUT2D eigenvalue weighted by atomic mass is 10.0. The van der Waals surface area contributed by atoms with Crippen LogP contribution in [0.1, 0.15) is 43.5 Å². The molecule has 112 valence electrons.